The topological polar surface area (TPSA) is 41.5 Å². The van der Waals surface area contributed by atoms with Crippen LogP contribution < -0.4 is 5.32 Å². The van der Waals surface area contributed by atoms with E-state index >= 15 is 0 Å². The van der Waals surface area contributed by atoms with Crippen LogP contribution in [0, 0.1) is 0 Å². The van der Waals surface area contributed by atoms with Crippen LogP contribution in [-0.4, -0.2) is 17.2 Å². The second-order valence-corrected chi connectivity index (χ2v) is 5.94. The maximum Gasteiger partial charge on any atom is 0.257 e. The van der Waals surface area contributed by atoms with E-state index in [1.54, 1.807) is 36.0 Å². The average molecular weight is 317 g/mol. The normalized spacial score (nSPS) is 16.9. The van der Waals surface area contributed by atoms with Crippen LogP contribution in [0.5, 0.6) is 0 Å². The Hall–Kier alpha value is -1.78. The van der Waals surface area contributed by atoms with Crippen molar-refractivity contribution in [1.82, 2.24) is 0 Å². The third kappa shape index (κ3) is 3.28. The molecule has 21 heavy (non-hydrogen) atoms. The van der Waals surface area contributed by atoms with E-state index in [2.05, 4.69) is 10.3 Å². The Morgan fingerprint density at radius 1 is 1.19 bits per heavy atom. The number of thioether (sulfide) groups is 1. The number of amides is 1. The van der Waals surface area contributed by atoms with E-state index in [9.17, 15) is 4.79 Å². The van der Waals surface area contributed by atoms with Crippen molar-refractivity contribution in [2.24, 2.45) is 4.99 Å². The molecule has 1 N–H and O–H groups in total. The number of hydrogen-bond acceptors (Lipinski definition) is 3. The number of halogens is 1. The highest BCUT2D eigenvalue weighted by atomic mass is 35.5. The minimum atomic E-state index is -0.206. The quantitative estimate of drug-likeness (QED) is 0.911. The van der Waals surface area contributed by atoms with Crippen molar-refractivity contribution in [3.63, 3.8) is 0 Å². The lowest BCUT2D eigenvalue weighted by atomic mass is 10.1. The molecule has 2 aromatic carbocycles. The molecule has 3 rings (SSSR count). The van der Waals surface area contributed by atoms with Gasteiger partial charge < -0.3 is 5.32 Å². The molecule has 0 saturated heterocycles. The number of nitrogens with one attached hydrogen (secondary N) is 1. The van der Waals surface area contributed by atoms with Crippen LogP contribution in [0.4, 0.5) is 5.69 Å². The molecule has 5 heteroatoms. The molecule has 0 fully saturated rings. The highest BCUT2D eigenvalue weighted by Gasteiger charge is 2.14. The predicted molar refractivity (Wildman–Crippen MR) is 89.5 cm³/mol. The summed E-state index contributed by atoms with van der Waals surface area (Å²) in [6.07, 6.45) is 0. The van der Waals surface area contributed by atoms with Crippen LogP contribution in [0.25, 0.3) is 0 Å². The molecule has 1 aliphatic heterocycles. The lowest BCUT2D eigenvalue weighted by Gasteiger charge is -2.09. The lowest BCUT2D eigenvalue weighted by Crippen LogP contribution is -2.12. The molecule has 0 aliphatic carbocycles. The fraction of sp³-hybridized carbons (Fsp3) is 0.125. The number of benzene rings is 2. The third-order valence-electron chi connectivity index (χ3n) is 3.24. The summed E-state index contributed by atoms with van der Waals surface area (Å²) in [5.74, 6) is 0.772. The van der Waals surface area contributed by atoms with Crippen molar-refractivity contribution in [3.05, 3.63) is 64.7 Å². The summed E-state index contributed by atoms with van der Waals surface area (Å²) in [7, 11) is 0. The molecular weight excluding hydrogens is 304 g/mol. The number of hydrogen-bond donors (Lipinski definition) is 1. The van der Waals surface area contributed by atoms with Crippen molar-refractivity contribution in [2.45, 2.75) is 6.04 Å². The molecule has 0 spiro atoms. The second kappa shape index (κ2) is 6.33. The first-order valence-electron chi connectivity index (χ1n) is 6.53. The zero-order valence-electron chi connectivity index (χ0n) is 11.1. The molecule has 1 atom stereocenters. The Balaban J connectivity index is 1.72. The second-order valence-electron chi connectivity index (χ2n) is 4.66. The third-order valence-corrected chi connectivity index (χ3v) is 4.35. The summed E-state index contributed by atoms with van der Waals surface area (Å²) in [4.78, 5) is 16.5. The lowest BCUT2D eigenvalue weighted by molar-refractivity contribution is 0.102. The van der Waals surface area contributed by atoms with Crippen LogP contribution in [0.15, 0.2) is 53.5 Å². The molecule has 3 nitrogen and oxygen atoms in total. The van der Waals surface area contributed by atoms with Gasteiger partial charge in [0.25, 0.3) is 5.91 Å². The maximum atomic E-state index is 12.2. The number of rotatable bonds is 3. The van der Waals surface area contributed by atoms with E-state index in [0.29, 0.717) is 10.6 Å². The minimum absolute atomic E-state index is 0.206. The predicted octanol–water partition coefficient (Wildman–Crippen LogP) is 4.41. The molecule has 1 amide bonds. The van der Waals surface area contributed by atoms with Crippen LogP contribution in [-0.2, 0) is 0 Å². The van der Waals surface area contributed by atoms with Crippen molar-refractivity contribution < 1.29 is 4.79 Å². The highest BCUT2D eigenvalue weighted by molar-refractivity contribution is 8.12. The maximum absolute atomic E-state index is 12.2. The smallest absolute Gasteiger partial charge is 0.257 e. The zero-order chi connectivity index (χ0) is 14.7. The number of anilines is 1. The summed E-state index contributed by atoms with van der Waals surface area (Å²) in [6, 6.07) is 15.0. The largest absolute Gasteiger partial charge is 0.322 e. The van der Waals surface area contributed by atoms with Crippen LogP contribution >= 0.6 is 23.4 Å². The van der Waals surface area contributed by atoms with Crippen molar-refractivity contribution >= 4 is 40.5 Å². The van der Waals surface area contributed by atoms with Crippen LogP contribution in [0.2, 0.25) is 5.02 Å². The van der Waals surface area contributed by atoms with E-state index in [-0.39, 0.29) is 11.9 Å². The van der Waals surface area contributed by atoms with Gasteiger partial charge in [-0.3, -0.25) is 9.79 Å². The van der Waals surface area contributed by atoms with Gasteiger partial charge >= 0.3 is 0 Å². The summed E-state index contributed by atoms with van der Waals surface area (Å²) < 4.78 is 0. The van der Waals surface area contributed by atoms with Crippen molar-refractivity contribution in [1.29, 1.82) is 0 Å². The van der Waals surface area contributed by atoms with Gasteiger partial charge in [0, 0.05) is 11.4 Å². The Kier molecular flexibility index (Phi) is 4.27. The molecule has 0 radical (unpaired) electrons. The Bertz CT molecular complexity index is 685. The molecule has 0 saturated carbocycles. The first kappa shape index (κ1) is 14.2. The zero-order valence-corrected chi connectivity index (χ0v) is 12.7. The summed E-state index contributed by atoms with van der Waals surface area (Å²) >= 11 is 7.73. The van der Waals surface area contributed by atoms with Crippen LogP contribution in [0.3, 0.4) is 0 Å². The fourth-order valence-electron chi connectivity index (χ4n) is 2.11. The molecule has 2 aromatic rings. The molecule has 1 heterocycles. The summed E-state index contributed by atoms with van der Waals surface area (Å²) in [5.41, 5.74) is 4.27. The Morgan fingerprint density at radius 2 is 1.95 bits per heavy atom. The molecule has 1 aliphatic rings. The SMILES string of the molecule is O=C(Nc1ccc(C2CSC=N2)cc1)c1ccccc1Cl. The summed E-state index contributed by atoms with van der Waals surface area (Å²) in [6.45, 7) is 0. The van der Waals surface area contributed by atoms with E-state index in [4.69, 9.17) is 11.6 Å². The Labute approximate surface area is 132 Å². The van der Waals surface area contributed by atoms with Gasteiger partial charge in [-0.2, -0.15) is 0 Å². The van der Waals surface area contributed by atoms with Gasteiger partial charge in [-0.1, -0.05) is 35.9 Å². The fourth-order valence-corrected chi connectivity index (χ4v) is 3.11. The van der Waals surface area contributed by atoms with E-state index in [1.165, 1.54) is 0 Å². The van der Waals surface area contributed by atoms with E-state index in [0.717, 1.165) is 17.0 Å². The average Bonchev–Trinajstić information content (AvgIpc) is 3.02. The number of aliphatic imine (C=N–C) groups is 1. The number of carbonyl (C=O) groups is 1. The van der Waals surface area contributed by atoms with Gasteiger partial charge in [-0.05, 0) is 29.8 Å². The number of nitrogens with zero attached hydrogens (tertiary/aromatic N) is 1. The van der Waals surface area contributed by atoms with Gasteiger partial charge in [-0.15, -0.1) is 11.8 Å². The van der Waals surface area contributed by atoms with E-state index in [1.807, 2.05) is 29.8 Å². The van der Waals surface area contributed by atoms with Crippen LogP contribution in [0.1, 0.15) is 22.0 Å². The van der Waals surface area contributed by atoms with Gasteiger partial charge in [0.05, 0.1) is 22.2 Å². The Morgan fingerprint density at radius 3 is 2.62 bits per heavy atom. The molecule has 1 unspecified atom stereocenters. The first-order chi connectivity index (χ1) is 10.2. The molecule has 0 aromatic heterocycles. The molecule has 106 valence electrons. The monoisotopic (exact) mass is 316 g/mol. The van der Waals surface area contributed by atoms with E-state index < -0.39 is 0 Å². The van der Waals surface area contributed by atoms with Gasteiger partial charge in [0.15, 0.2) is 0 Å². The van der Waals surface area contributed by atoms with Crippen molar-refractivity contribution in [3.8, 4) is 0 Å². The molecule has 0 bridgehead atoms. The molecular formula is C16H13ClN2OS. The first-order valence-corrected chi connectivity index (χ1v) is 7.96. The van der Waals surface area contributed by atoms with Gasteiger partial charge in [0.1, 0.15) is 0 Å². The summed E-state index contributed by atoms with van der Waals surface area (Å²) in [5, 5.41) is 3.30. The van der Waals surface area contributed by atoms with Gasteiger partial charge in [-0.25, -0.2) is 0 Å². The minimum Gasteiger partial charge on any atom is -0.322 e. The standard InChI is InChI=1S/C16H13ClN2OS/c17-14-4-2-1-3-13(14)16(20)19-12-7-5-11(6-8-12)15-9-21-10-18-15/h1-8,10,15H,9H2,(H,19,20). The highest BCUT2D eigenvalue weighted by Crippen LogP contribution is 2.27. The van der Waals surface area contributed by atoms with Crippen molar-refractivity contribution in [2.75, 3.05) is 11.1 Å². The van der Waals surface area contributed by atoms with Gasteiger partial charge in [0.2, 0.25) is 0 Å². The number of carbonyl (C=O) groups excluding carboxylic acids is 1.